The summed E-state index contributed by atoms with van der Waals surface area (Å²) in [6, 6.07) is 4.61. The van der Waals surface area contributed by atoms with Crippen molar-refractivity contribution in [3.05, 3.63) is 30.1 Å². The molecule has 0 radical (unpaired) electrons. The fourth-order valence-electron chi connectivity index (χ4n) is 2.74. The number of amides is 2. The van der Waals surface area contributed by atoms with E-state index < -0.39 is 12.0 Å². The number of carbonyl (C=O) groups is 2. The predicted molar refractivity (Wildman–Crippen MR) is 77.9 cm³/mol. The van der Waals surface area contributed by atoms with Gasteiger partial charge in [-0.15, -0.1) is 0 Å². The van der Waals surface area contributed by atoms with E-state index in [1.807, 2.05) is 25.1 Å². The highest BCUT2D eigenvalue weighted by Crippen LogP contribution is 2.23. The lowest BCUT2D eigenvalue weighted by molar-refractivity contribution is -0.145. The number of nitrogens with zero attached hydrogens (tertiary/aromatic N) is 2. The van der Waals surface area contributed by atoms with E-state index in [2.05, 4.69) is 10.3 Å². The van der Waals surface area contributed by atoms with Crippen molar-refractivity contribution in [2.75, 3.05) is 13.1 Å². The van der Waals surface area contributed by atoms with Crippen LogP contribution in [0, 0.1) is 5.92 Å². The summed E-state index contributed by atoms with van der Waals surface area (Å²) in [7, 11) is 0. The van der Waals surface area contributed by atoms with Gasteiger partial charge >= 0.3 is 12.0 Å². The first-order valence-corrected chi connectivity index (χ1v) is 7.27. The molecule has 1 saturated heterocycles. The zero-order valence-electron chi connectivity index (χ0n) is 12.2. The summed E-state index contributed by atoms with van der Waals surface area (Å²) < 4.78 is 0. The average molecular weight is 291 g/mol. The normalized spacial score (nSPS) is 21.9. The minimum Gasteiger partial charge on any atom is -0.480 e. The molecule has 1 aromatic rings. The minimum atomic E-state index is -0.929. The molecule has 2 amide bonds. The number of carboxylic acid groups (broad SMARTS) is 1. The number of urea groups is 1. The van der Waals surface area contributed by atoms with Gasteiger partial charge in [0.2, 0.25) is 0 Å². The maximum absolute atomic E-state index is 12.2. The standard InChI is InChI=1S/C15H21N3O3/c1-11-5-4-10-18(13(11)14(19)20)15(21)17-9-7-12-6-2-3-8-16-12/h2-3,6,8,11,13H,4-5,7,9-10H2,1H3,(H,17,21)(H,19,20). The van der Waals surface area contributed by atoms with Gasteiger partial charge in [-0.3, -0.25) is 4.98 Å². The highest BCUT2D eigenvalue weighted by molar-refractivity contribution is 5.83. The molecule has 114 valence electrons. The highest BCUT2D eigenvalue weighted by atomic mass is 16.4. The van der Waals surface area contributed by atoms with Crippen LogP contribution < -0.4 is 5.32 Å². The lowest BCUT2D eigenvalue weighted by Gasteiger charge is -2.37. The second-order valence-electron chi connectivity index (χ2n) is 5.40. The Balaban J connectivity index is 1.88. The molecule has 1 aliphatic heterocycles. The van der Waals surface area contributed by atoms with E-state index in [9.17, 15) is 14.7 Å². The van der Waals surface area contributed by atoms with Gasteiger partial charge in [0.25, 0.3) is 0 Å². The van der Waals surface area contributed by atoms with E-state index in [0.717, 1.165) is 18.5 Å². The summed E-state index contributed by atoms with van der Waals surface area (Å²) in [5.41, 5.74) is 0.902. The number of hydrogen-bond acceptors (Lipinski definition) is 3. The van der Waals surface area contributed by atoms with E-state index in [-0.39, 0.29) is 11.9 Å². The van der Waals surface area contributed by atoms with Crippen LogP contribution in [0.2, 0.25) is 0 Å². The summed E-state index contributed by atoms with van der Waals surface area (Å²) in [4.78, 5) is 29.1. The number of carbonyl (C=O) groups excluding carboxylic acids is 1. The van der Waals surface area contributed by atoms with Crippen LogP contribution in [0.4, 0.5) is 4.79 Å². The average Bonchev–Trinajstić information content (AvgIpc) is 2.47. The number of rotatable bonds is 4. The number of piperidine rings is 1. The summed E-state index contributed by atoms with van der Waals surface area (Å²) in [6.07, 6.45) is 4.03. The highest BCUT2D eigenvalue weighted by Gasteiger charge is 2.36. The van der Waals surface area contributed by atoms with Crippen molar-refractivity contribution in [1.82, 2.24) is 15.2 Å². The maximum Gasteiger partial charge on any atom is 0.326 e. The molecule has 0 bridgehead atoms. The first-order chi connectivity index (χ1) is 10.1. The SMILES string of the molecule is CC1CCCN(C(=O)NCCc2ccccn2)C1C(=O)O. The molecular formula is C15H21N3O3. The van der Waals surface area contributed by atoms with Gasteiger partial charge in [0.1, 0.15) is 6.04 Å². The number of hydrogen-bond donors (Lipinski definition) is 2. The molecule has 6 nitrogen and oxygen atoms in total. The molecule has 0 aliphatic carbocycles. The first-order valence-electron chi connectivity index (χ1n) is 7.27. The van der Waals surface area contributed by atoms with Crippen LogP contribution in [0.25, 0.3) is 0 Å². The number of aromatic nitrogens is 1. The Morgan fingerprint density at radius 1 is 1.48 bits per heavy atom. The smallest absolute Gasteiger partial charge is 0.326 e. The van der Waals surface area contributed by atoms with Crippen molar-refractivity contribution < 1.29 is 14.7 Å². The molecule has 0 spiro atoms. The Hall–Kier alpha value is -2.11. The zero-order chi connectivity index (χ0) is 15.2. The van der Waals surface area contributed by atoms with Crippen molar-refractivity contribution in [1.29, 1.82) is 0 Å². The molecule has 0 saturated carbocycles. The van der Waals surface area contributed by atoms with Crippen LogP contribution in [-0.2, 0) is 11.2 Å². The molecule has 1 aromatic heterocycles. The van der Waals surface area contributed by atoms with Crippen LogP contribution in [0.15, 0.2) is 24.4 Å². The molecule has 2 rings (SSSR count). The number of pyridine rings is 1. The van der Waals surface area contributed by atoms with Gasteiger partial charge in [-0.25, -0.2) is 9.59 Å². The van der Waals surface area contributed by atoms with Crippen molar-refractivity contribution in [2.24, 2.45) is 5.92 Å². The van der Waals surface area contributed by atoms with Gasteiger partial charge in [0, 0.05) is 31.4 Å². The molecule has 6 heteroatoms. The first kappa shape index (κ1) is 15.3. The van der Waals surface area contributed by atoms with E-state index in [1.165, 1.54) is 4.90 Å². The van der Waals surface area contributed by atoms with Gasteiger partial charge in [-0.05, 0) is 30.9 Å². The predicted octanol–water partition coefficient (Wildman–Crippen LogP) is 1.52. The number of likely N-dealkylation sites (tertiary alicyclic amines) is 1. The van der Waals surface area contributed by atoms with Crippen LogP contribution in [-0.4, -0.2) is 46.1 Å². The third-order valence-corrected chi connectivity index (χ3v) is 3.83. The molecule has 1 fully saturated rings. The third-order valence-electron chi connectivity index (χ3n) is 3.83. The molecule has 2 unspecified atom stereocenters. The lowest BCUT2D eigenvalue weighted by atomic mass is 9.91. The van der Waals surface area contributed by atoms with Crippen molar-refractivity contribution in [3.63, 3.8) is 0 Å². The number of aliphatic carboxylic acids is 1. The van der Waals surface area contributed by atoms with E-state index in [4.69, 9.17) is 0 Å². The molecule has 0 aromatic carbocycles. The monoisotopic (exact) mass is 291 g/mol. The van der Waals surface area contributed by atoms with Gasteiger partial charge in [-0.2, -0.15) is 0 Å². The Bertz CT molecular complexity index is 492. The Morgan fingerprint density at radius 3 is 2.95 bits per heavy atom. The van der Waals surface area contributed by atoms with E-state index in [0.29, 0.717) is 19.5 Å². The Morgan fingerprint density at radius 2 is 2.29 bits per heavy atom. The third kappa shape index (κ3) is 3.93. The van der Waals surface area contributed by atoms with Crippen molar-refractivity contribution in [2.45, 2.75) is 32.2 Å². The largest absolute Gasteiger partial charge is 0.480 e. The van der Waals surface area contributed by atoms with Crippen LogP contribution >= 0.6 is 0 Å². The second kappa shape index (κ2) is 7.06. The molecule has 21 heavy (non-hydrogen) atoms. The fourth-order valence-corrected chi connectivity index (χ4v) is 2.74. The Labute approximate surface area is 124 Å². The van der Waals surface area contributed by atoms with Crippen LogP contribution in [0.3, 0.4) is 0 Å². The molecule has 1 aliphatic rings. The molecule has 2 atom stereocenters. The molecule has 2 heterocycles. The Kier molecular flexibility index (Phi) is 5.14. The molecular weight excluding hydrogens is 270 g/mol. The summed E-state index contributed by atoms with van der Waals surface area (Å²) in [5, 5.41) is 12.1. The van der Waals surface area contributed by atoms with Gasteiger partial charge in [0.05, 0.1) is 0 Å². The lowest BCUT2D eigenvalue weighted by Crippen LogP contribution is -2.55. The molecule has 2 N–H and O–H groups in total. The summed E-state index contributed by atoms with van der Waals surface area (Å²) in [5.74, 6) is -0.945. The quantitative estimate of drug-likeness (QED) is 0.881. The van der Waals surface area contributed by atoms with Gasteiger partial charge in [0.15, 0.2) is 0 Å². The summed E-state index contributed by atoms with van der Waals surface area (Å²) in [6.45, 7) is 2.83. The van der Waals surface area contributed by atoms with Crippen LogP contribution in [0.1, 0.15) is 25.5 Å². The number of carboxylic acids is 1. The summed E-state index contributed by atoms with van der Waals surface area (Å²) >= 11 is 0. The van der Waals surface area contributed by atoms with E-state index >= 15 is 0 Å². The van der Waals surface area contributed by atoms with Crippen molar-refractivity contribution >= 4 is 12.0 Å². The zero-order valence-corrected chi connectivity index (χ0v) is 12.2. The van der Waals surface area contributed by atoms with Gasteiger partial charge in [-0.1, -0.05) is 13.0 Å². The minimum absolute atomic E-state index is 0.0159. The van der Waals surface area contributed by atoms with Gasteiger partial charge < -0.3 is 15.3 Å². The maximum atomic E-state index is 12.2. The van der Waals surface area contributed by atoms with Crippen LogP contribution in [0.5, 0.6) is 0 Å². The van der Waals surface area contributed by atoms with Crippen molar-refractivity contribution in [3.8, 4) is 0 Å². The van der Waals surface area contributed by atoms with E-state index in [1.54, 1.807) is 6.20 Å². The second-order valence-corrected chi connectivity index (χ2v) is 5.40. The fraction of sp³-hybridized carbons (Fsp3) is 0.533. The topological polar surface area (TPSA) is 82.5 Å². The number of nitrogens with one attached hydrogen (secondary N) is 1.